The molecule has 14 heavy (non-hydrogen) atoms. The van der Waals surface area contributed by atoms with Crippen molar-refractivity contribution in [1.29, 1.82) is 0 Å². The molecule has 0 aromatic heterocycles. The van der Waals surface area contributed by atoms with Gasteiger partial charge in [-0.2, -0.15) is 0 Å². The summed E-state index contributed by atoms with van der Waals surface area (Å²) in [7, 11) is 4.31. The van der Waals surface area contributed by atoms with Gasteiger partial charge in [0.15, 0.2) is 0 Å². The van der Waals surface area contributed by atoms with Crippen LogP contribution in [0, 0.1) is 5.92 Å². The number of nitrogens with zero attached hydrogens (tertiary/aromatic N) is 1. The van der Waals surface area contributed by atoms with Crippen LogP contribution in [0.4, 0.5) is 0 Å². The first kappa shape index (κ1) is 13.9. The predicted molar refractivity (Wildman–Crippen MR) is 64.7 cm³/mol. The largest absolute Gasteiger partial charge is 0.312 e. The molecule has 2 nitrogen and oxygen atoms in total. The molecule has 3 atom stereocenters. The van der Waals surface area contributed by atoms with E-state index in [1.165, 1.54) is 12.8 Å². The molecule has 86 valence electrons. The Bertz CT molecular complexity index is 134. The first-order valence-electron chi connectivity index (χ1n) is 5.92. The predicted octanol–water partition coefficient (Wildman–Crippen LogP) is 2.35. The average molecular weight is 200 g/mol. The molecule has 0 aromatic carbocycles. The van der Waals surface area contributed by atoms with Gasteiger partial charge in [0.1, 0.15) is 0 Å². The van der Waals surface area contributed by atoms with Crippen molar-refractivity contribution in [3.8, 4) is 0 Å². The summed E-state index contributed by atoms with van der Waals surface area (Å²) < 4.78 is 0. The van der Waals surface area contributed by atoms with Crippen LogP contribution in [0.1, 0.15) is 40.5 Å². The highest BCUT2D eigenvalue weighted by Gasteiger charge is 2.13. The van der Waals surface area contributed by atoms with Crippen molar-refractivity contribution in [3.63, 3.8) is 0 Å². The summed E-state index contributed by atoms with van der Waals surface area (Å²) >= 11 is 0. The molecule has 0 rings (SSSR count). The lowest BCUT2D eigenvalue weighted by Crippen LogP contribution is -2.42. The van der Waals surface area contributed by atoms with E-state index >= 15 is 0 Å². The Morgan fingerprint density at radius 2 is 1.64 bits per heavy atom. The minimum atomic E-state index is 0.633. The van der Waals surface area contributed by atoms with Crippen LogP contribution in [0.2, 0.25) is 0 Å². The molecule has 0 bridgehead atoms. The van der Waals surface area contributed by atoms with Gasteiger partial charge in [-0.15, -0.1) is 0 Å². The zero-order valence-electron chi connectivity index (χ0n) is 10.8. The lowest BCUT2D eigenvalue weighted by atomic mass is 10.0. The van der Waals surface area contributed by atoms with Gasteiger partial charge in [-0.05, 0) is 33.4 Å². The fourth-order valence-electron chi connectivity index (χ4n) is 1.57. The average Bonchev–Trinajstić information content (AvgIpc) is 2.16. The quantitative estimate of drug-likeness (QED) is 0.678. The van der Waals surface area contributed by atoms with Gasteiger partial charge in [-0.25, -0.2) is 0 Å². The smallest absolute Gasteiger partial charge is 0.0212 e. The maximum Gasteiger partial charge on any atom is 0.0212 e. The van der Waals surface area contributed by atoms with Crippen LogP contribution in [0.3, 0.4) is 0 Å². The van der Waals surface area contributed by atoms with Crippen LogP contribution in [-0.4, -0.2) is 37.6 Å². The third kappa shape index (κ3) is 4.97. The molecule has 0 aliphatic rings. The van der Waals surface area contributed by atoms with Crippen LogP contribution < -0.4 is 5.32 Å². The van der Waals surface area contributed by atoms with Crippen LogP contribution in [0.15, 0.2) is 0 Å². The van der Waals surface area contributed by atoms with Crippen LogP contribution in [-0.2, 0) is 0 Å². The third-order valence-electron chi connectivity index (χ3n) is 3.37. The molecule has 0 amide bonds. The van der Waals surface area contributed by atoms with E-state index in [1.807, 2.05) is 0 Å². The van der Waals surface area contributed by atoms with E-state index in [0.717, 1.165) is 12.5 Å². The number of nitrogens with one attached hydrogen (secondary N) is 1. The number of rotatable bonds is 7. The Morgan fingerprint density at radius 3 is 2.00 bits per heavy atom. The lowest BCUT2D eigenvalue weighted by Gasteiger charge is -2.27. The first-order chi connectivity index (χ1) is 6.52. The molecule has 2 heteroatoms. The van der Waals surface area contributed by atoms with Gasteiger partial charge in [0.25, 0.3) is 0 Å². The van der Waals surface area contributed by atoms with Crippen LogP contribution in [0.5, 0.6) is 0 Å². The van der Waals surface area contributed by atoms with Crippen molar-refractivity contribution >= 4 is 0 Å². The highest BCUT2D eigenvalue weighted by molar-refractivity contribution is 4.73. The van der Waals surface area contributed by atoms with E-state index in [1.54, 1.807) is 0 Å². The molecule has 1 N–H and O–H groups in total. The SMILES string of the molecule is CCC(C)C(C)NCC(CC)N(C)C. The number of hydrogen-bond donors (Lipinski definition) is 1. The summed E-state index contributed by atoms with van der Waals surface area (Å²) in [6.45, 7) is 10.2. The highest BCUT2D eigenvalue weighted by Crippen LogP contribution is 2.07. The zero-order chi connectivity index (χ0) is 11.1. The van der Waals surface area contributed by atoms with Gasteiger partial charge >= 0.3 is 0 Å². The van der Waals surface area contributed by atoms with Crippen molar-refractivity contribution in [2.45, 2.75) is 52.6 Å². The van der Waals surface area contributed by atoms with E-state index in [9.17, 15) is 0 Å². The third-order valence-corrected chi connectivity index (χ3v) is 3.37. The minimum Gasteiger partial charge on any atom is -0.312 e. The van der Waals surface area contributed by atoms with Gasteiger partial charge in [-0.3, -0.25) is 0 Å². The summed E-state index contributed by atoms with van der Waals surface area (Å²) in [5, 5.41) is 3.62. The standard InChI is InChI=1S/C12H28N2/c1-7-10(3)11(4)13-9-12(8-2)14(5)6/h10-13H,7-9H2,1-6H3. The van der Waals surface area contributed by atoms with Gasteiger partial charge in [-0.1, -0.05) is 27.2 Å². The second-order valence-electron chi connectivity index (χ2n) is 4.61. The van der Waals surface area contributed by atoms with Gasteiger partial charge in [0, 0.05) is 18.6 Å². The molecule has 0 saturated carbocycles. The fraction of sp³-hybridized carbons (Fsp3) is 1.00. The first-order valence-corrected chi connectivity index (χ1v) is 5.92. The maximum atomic E-state index is 3.62. The summed E-state index contributed by atoms with van der Waals surface area (Å²) in [5.41, 5.74) is 0. The molecule has 0 spiro atoms. The molecule has 0 saturated heterocycles. The van der Waals surface area contributed by atoms with Crippen molar-refractivity contribution < 1.29 is 0 Å². The zero-order valence-corrected chi connectivity index (χ0v) is 10.8. The van der Waals surface area contributed by atoms with Crippen LogP contribution in [0.25, 0.3) is 0 Å². The molecular formula is C12H28N2. The topological polar surface area (TPSA) is 15.3 Å². The number of hydrogen-bond acceptors (Lipinski definition) is 2. The maximum absolute atomic E-state index is 3.62. The van der Waals surface area contributed by atoms with Crippen LogP contribution >= 0.6 is 0 Å². The second kappa shape index (κ2) is 7.24. The molecule has 0 aliphatic heterocycles. The molecule has 0 radical (unpaired) electrons. The Balaban J connectivity index is 3.79. The fourth-order valence-corrected chi connectivity index (χ4v) is 1.57. The van der Waals surface area contributed by atoms with E-state index in [2.05, 4.69) is 52.0 Å². The Labute approximate surface area is 90.1 Å². The molecule has 0 fully saturated rings. The van der Waals surface area contributed by atoms with E-state index in [-0.39, 0.29) is 0 Å². The molecule has 0 aromatic rings. The normalized spacial score (nSPS) is 18.2. The van der Waals surface area contributed by atoms with E-state index in [0.29, 0.717) is 12.1 Å². The summed E-state index contributed by atoms with van der Waals surface area (Å²) in [6.07, 6.45) is 2.47. The van der Waals surface area contributed by atoms with Crippen molar-refractivity contribution in [2.24, 2.45) is 5.92 Å². The van der Waals surface area contributed by atoms with Crippen molar-refractivity contribution in [1.82, 2.24) is 10.2 Å². The lowest BCUT2D eigenvalue weighted by molar-refractivity contribution is 0.257. The number of likely N-dealkylation sites (N-methyl/N-ethyl adjacent to an activating group) is 1. The van der Waals surface area contributed by atoms with E-state index in [4.69, 9.17) is 0 Å². The highest BCUT2D eigenvalue weighted by atomic mass is 15.1. The Kier molecular flexibility index (Phi) is 7.20. The van der Waals surface area contributed by atoms with Gasteiger partial charge in [0.05, 0.1) is 0 Å². The minimum absolute atomic E-state index is 0.633. The van der Waals surface area contributed by atoms with E-state index < -0.39 is 0 Å². The molecule has 3 unspecified atom stereocenters. The Morgan fingerprint density at radius 1 is 1.07 bits per heavy atom. The van der Waals surface area contributed by atoms with Gasteiger partial charge < -0.3 is 10.2 Å². The molecule has 0 aliphatic carbocycles. The second-order valence-corrected chi connectivity index (χ2v) is 4.61. The van der Waals surface area contributed by atoms with Gasteiger partial charge in [0.2, 0.25) is 0 Å². The summed E-state index contributed by atoms with van der Waals surface area (Å²) in [4.78, 5) is 2.30. The Hall–Kier alpha value is -0.0800. The molecular weight excluding hydrogens is 172 g/mol. The monoisotopic (exact) mass is 200 g/mol. The molecule has 0 heterocycles. The summed E-state index contributed by atoms with van der Waals surface area (Å²) in [5.74, 6) is 0.773. The van der Waals surface area contributed by atoms with Crippen molar-refractivity contribution in [2.75, 3.05) is 20.6 Å². The summed E-state index contributed by atoms with van der Waals surface area (Å²) in [6, 6.07) is 1.30. The van der Waals surface area contributed by atoms with Crippen molar-refractivity contribution in [3.05, 3.63) is 0 Å².